The largest absolute Gasteiger partial charge is 0.497 e. The van der Waals surface area contributed by atoms with Gasteiger partial charge >= 0.3 is 5.97 Å². The number of nitrogens with one attached hydrogen (secondary N) is 1. The van der Waals surface area contributed by atoms with Gasteiger partial charge in [-0.2, -0.15) is 0 Å². The van der Waals surface area contributed by atoms with Crippen LogP contribution in [0.2, 0.25) is 0 Å². The quantitative estimate of drug-likeness (QED) is 0.671. The van der Waals surface area contributed by atoms with Gasteiger partial charge in [-0.3, -0.25) is 0 Å². The van der Waals surface area contributed by atoms with Crippen molar-refractivity contribution in [2.75, 3.05) is 25.6 Å². The third kappa shape index (κ3) is 2.85. The molecule has 0 aliphatic rings. The molecule has 0 spiro atoms. The number of carboxylic acid groups (broad SMARTS) is 1. The molecule has 0 heterocycles. The fraction of sp³-hybridized carbons (Fsp3) is 0.300. The van der Waals surface area contributed by atoms with Gasteiger partial charge in [-0.25, -0.2) is 4.79 Å². The van der Waals surface area contributed by atoms with E-state index in [0.29, 0.717) is 18.0 Å². The van der Waals surface area contributed by atoms with Crippen molar-refractivity contribution in [3.8, 4) is 5.75 Å². The zero-order valence-electron chi connectivity index (χ0n) is 8.36. The number of carbonyl (C=O) groups is 1. The summed E-state index contributed by atoms with van der Waals surface area (Å²) in [6.07, 6.45) is 0. The number of aliphatic hydroxyl groups excluding tert-OH is 1. The van der Waals surface area contributed by atoms with Gasteiger partial charge in [0.15, 0.2) is 0 Å². The van der Waals surface area contributed by atoms with Gasteiger partial charge in [-0.15, -0.1) is 0 Å². The Kier molecular flexibility index (Phi) is 3.93. The summed E-state index contributed by atoms with van der Waals surface area (Å²) in [6, 6.07) is 4.62. The standard InChI is InChI=1S/C10H13NO4/c1-15-7-2-3-8(10(13)14)9(6-7)11-4-5-12/h2-3,6,11-12H,4-5H2,1H3,(H,13,14). The van der Waals surface area contributed by atoms with Crippen molar-refractivity contribution in [1.82, 2.24) is 0 Å². The van der Waals surface area contributed by atoms with Crippen LogP contribution in [0.3, 0.4) is 0 Å². The maximum atomic E-state index is 10.8. The number of anilines is 1. The summed E-state index contributed by atoms with van der Waals surface area (Å²) in [5.41, 5.74) is 0.597. The van der Waals surface area contributed by atoms with E-state index in [1.807, 2.05) is 0 Å². The van der Waals surface area contributed by atoms with Crippen LogP contribution in [0.25, 0.3) is 0 Å². The lowest BCUT2D eigenvalue weighted by atomic mass is 10.1. The Bertz CT molecular complexity index is 351. The molecule has 82 valence electrons. The SMILES string of the molecule is COc1ccc(C(=O)O)c(NCCO)c1. The van der Waals surface area contributed by atoms with Gasteiger partial charge in [0.1, 0.15) is 5.75 Å². The van der Waals surface area contributed by atoms with Crippen LogP contribution >= 0.6 is 0 Å². The molecule has 1 aromatic carbocycles. The minimum Gasteiger partial charge on any atom is -0.497 e. The van der Waals surface area contributed by atoms with Crippen LogP contribution < -0.4 is 10.1 Å². The van der Waals surface area contributed by atoms with Gasteiger partial charge in [0.25, 0.3) is 0 Å². The minimum absolute atomic E-state index is 0.0593. The van der Waals surface area contributed by atoms with Crippen LogP contribution in [0.15, 0.2) is 18.2 Å². The molecule has 0 atom stereocenters. The van der Waals surface area contributed by atoms with E-state index >= 15 is 0 Å². The Morgan fingerprint density at radius 2 is 2.27 bits per heavy atom. The first-order valence-corrected chi connectivity index (χ1v) is 4.45. The van der Waals surface area contributed by atoms with Gasteiger partial charge < -0.3 is 20.3 Å². The summed E-state index contributed by atoms with van der Waals surface area (Å²) < 4.78 is 4.97. The van der Waals surface area contributed by atoms with E-state index in [1.165, 1.54) is 13.2 Å². The molecule has 1 rings (SSSR count). The molecule has 0 fully saturated rings. The average Bonchev–Trinajstić information content (AvgIpc) is 2.25. The maximum Gasteiger partial charge on any atom is 0.337 e. The Morgan fingerprint density at radius 3 is 2.80 bits per heavy atom. The number of ether oxygens (including phenoxy) is 1. The molecule has 5 heteroatoms. The molecule has 0 bridgehead atoms. The molecule has 0 radical (unpaired) electrons. The molecule has 1 aromatic rings. The highest BCUT2D eigenvalue weighted by Gasteiger charge is 2.10. The number of benzene rings is 1. The van der Waals surface area contributed by atoms with Crippen molar-refractivity contribution >= 4 is 11.7 Å². The zero-order valence-corrected chi connectivity index (χ0v) is 8.36. The summed E-state index contributed by atoms with van der Waals surface area (Å²) >= 11 is 0. The van der Waals surface area contributed by atoms with Gasteiger partial charge in [-0.1, -0.05) is 0 Å². The number of hydrogen-bond donors (Lipinski definition) is 3. The first kappa shape index (κ1) is 11.3. The number of aromatic carboxylic acids is 1. The number of aliphatic hydroxyl groups is 1. The van der Waals surface area contributed by atoms with Gasteiger partial charge in [0.2, 0.25) is 0 Å². The number of rotatable bonds is 5. The third-order valence-corrected chi connectivity index (χ3v) is 1.88. The van der Waals surface area contributed by atoms with E-state index in [9.17, 15) is 4.79 Å². The number of hydrogen-bond acceptors (Lipinski definition) is 4. The Hall–Kier alpha value is -1.75. The fourth-order valence-electron chi connectivity index (χ4n) is 1.17. The third-order valence-electron chi connectivity index (χ3n) is 1.88. The van der Waals surface area contributed by atoms with Crippen molar-refractivity contribution in [2.45, 2.75) is 0 Å². The van der Waals surface area contributed by atoms with Crippen molar-refractivity contribution in [3.05, 3.63) is 23.8 Å². The lowest BCUT2D eigenvalue weighted by Crippen LogP contribution is -2.10. The van der Waals surface area contributed by atoms with Crippen molar-refractivity contribution in [3.63, 3.8) is 0 Å². The van der Waals surface area contributed by atoms with E-state index < -0.39 is 5.97 Å². The normalized spacial score (nSPS) is 9.73. The van der Waals surface area contributed by atoms with Gasteiger partial charge in [-0.05, 0) is 12.1 Å². The summed E-state index contributed by atoms with van der Waals surface area (Å²) in [7, 11) is 1.51. The van der Waals surface area contributed by atoms with Gasteiger partial charge in [0, 0.05) is 12.6 Å². The molecule has 0 unspecified atom stereocenters. The molecule has 0 aliphatic heterocycles. The second-order valence-electron chi connectivity index (χ2n) is 2.87. The lowest BCUT2D eigenvalue weighted by molar-refractivity contribution is 0.0698. The van der Waals surface area contributed by atoms with Crippen LogP contribution in [0, 0.1) is 0 Å². The molecule has 0 saturated carbocycles. The van der Waals surface area contributed by atoms with Crippen LogP contribution in [0.1, 0.15) is 10.4 Å². The first-order chi connectivity index (χ1) is 7.19. The summed E-state index contributed by atoms with van der Waals surface area (Å²) in [4.78, 5) is 10.8. The van der Waals surface area contributed by atoms with E-state index in [0.717, 1.165) is 0 Å². The van der Waals surface area contributed by atoms with Crippen LogP contribution in [-0.4, -0.2) is 36.4 Å². The second-order valence-corrected chi connectivity index (χ2v) is 2.87. The van der Waals surface area contributed by atoms with E-state index in [1.54, 1.807) is 12.1 Å². The highest BCUT2D eigenvalue weighted by Crippen LogP contribution is 2.22. The maximum absolute atomic E-state index is 10.8. The van der Waals surface area contributed by atoms with Crippen molar-refractivity contribution < 1.29 is 19.7 Å². The van der Waals surface area contributed by atoms with Crippen molar-refractivity contribution in [1.29, 1.82) is 0 Å². The van der Waals surface area contributed by atoms with Crippen molar-refractivity contribution in [2.24, 2.45) is 0 Å². The molecule has 0 aromatic heterocycles. The van der Waals surface area contributed by atoms with Crippen LogP contribution in [-0.2, 0) is 0 Å². The second kappa shape index (κ2) is 5.21. The molecule has 0 saturated heterocycles. The molecule has 0 aliphatic carbocycles. The lowest BCUT2D eigenvalue weighted by Gasteiger charge is -2.09. The Labute approximate surface area is 87.3 Å². The molecular formula is C10H13NO4. The summed E-state index contributed by atoms with van der Waals surface area (Å²) in [6.45, 7) is 0.240. The van der Waals surface area contributed by atoms with Gasteiger partial charge in [0.05, 0.1) is 25.0 Å². The van der Waals surface area contributed by atoms with E-state index in [2.05, 4.69) is 5.32 Å². The summed E-state index contributed by atoms with van der Waals surface area (Å²) in [5, 5.41) is 20.3. The molecular weight excluding hydrogens is 198 g/mol. The molecule has 0 amide bonds. The van der Waals surface area contributed by atoms with E-state index in [4.69, 9.17) is 14.9 Å². The first-order valence-electron chi connectivity index (χ1n) is 4.45. The Morgan fingerprint density at radius 1 is 1.53 bits per heavy atom. The topological polar surface area (TPSA) is 78.8 Å². The molecule has 15 heavy (non-hydrogen) atoms. The number of carboxylic acids is 1. The minimum atomic E-state index is -1.02. The Balaban J connectivity index is 2.99. The molecule has 5 nitrogen and oxygen atoms in total. The molecule has 3 N–H and O–H groups in total. The zero-order chi connectivity index (χ0) is 11.3. The predicted octanol–water partition coefficient (Wildman–Crippen LogP) is 0.798. The average molecular weight is 211 g/mol. The fourth-order valence-corrected chi connectivity index (χ4v) is 1.17. The monoisotopic (exact) mass is 211 g/mol. The highest BCUT2D eigenvalue weighted by atomic mass is 16.5. The number of methoxy groups -OCH3 is 1. The van der Waals surface area contributed by atoms with E-state index in [-0.39, 0.29) is 12.2 Å². The predicted molar refractivity (Wildman–Crippen MR) is 55.5 cm³/mol. The summed E-state index contributed by atoms with van der Waals surface area (Å²) in [5.74, 6) is -0.446. The smallest absolute Gasteiger partial charge is 0.337 e. The van der Waals surface area contributed by atoms with Crippen LogP contribution in [0.5, 0.6) is 5.75 Å². The highest BCUT2D eigenvalue weighted by molar-refractivity contribution is 5.94. The van der Waals surface area contributed by atoms with Crippen LogP contribution in [0.4, 0.5) is 5.69 Å².